The van der Waals surface area contributed by atoms with Gasteiger partial charge in [0.2, 0.25) is 5.91 Å². The van der Waals surface area contributed by atoms with Gasteiger partial charge in [-0.3, -0.25) is 9.59 Å². The van der Waals surface area contributed by atoms with E-state index < -0.39 is 67.4 Å². The molecule has 1 saturated heterocycles. The van der Waals surface area contributed by atoms with Crippen molar-refractivity contribution < 1.29 is 49.3 Å². The van der Waals surface area contributed by atoms with Gasteiger partial charge in [-0.15, -0.1) is 0 Å². The first-order chi connectivity index (χ1) is 34.7. The topological polar surface area (TPSA) is 175 Å². The number of hydrogen-bond donors (Lipinski definition) is 6. The second-order valence-electron chi connectivity index (χ2n) is 20.0. The van der Waals surface area contributed by atoms with Crippen LogP contribution in [0.2, 0.25) is 0 Å². The summed E-state index contributed by atoms with van der Waals surface area (Å²) >= 11 is 0. The molecule has 0 spiro atoms. The molecule has 6 N–H and O–H groups in total. The molecule has 71 heavy (non-hydrogen) atoms. The Morgan fingerprint density at radius 1 is 0.563 bits per heavy atom. The van der Waals surface area contributed by atoms with Crippen LogP contribution in [0.25, 0.3) is 0 Å². The lowest BCUT2D eigenvalue weighted by atomic mass is 9.99. The van der Waals surface area contributed by atoms with Gasteiger partial charge < -0.3 is 45.1 Å². The smallest absolute Gasteiger partial charge is 0.306 e. The highest BCUT2D eigenvalue weighted by atomic mass is 16.7. The molecule has 8 unspecified atom stereocenters. The number of carbonyl (C=O) groups excluding carboxylic acids is 2. The molecule has 412 valence electrons. The van der Waals surface area contributed by atoms with Crippen LogP contribution in [0.1, 0.15) is 245 Å². The van der Waals surface area contributed by atoms with Gasteiger partial charge >= 0.3 is 5.97 Å². The monoisotopic (exact) mass is 1000 g/mol. The molecule has 0 aliphatic carbocycles. The zero-order chi connectivity index (χ0) is 51.8. The number of allylic oxidation sites excluding steroid dienone is 9. The molecule has 1 amide bonds. The van der Waals surface area contributed by atoms with Crippen molar-refractivity contribution in [2.75, 3.05) is 13.2 Å². The van der Waals surface area contributed by atoms with E-state index in [9.17, 15) is 35.1 Å². The SMILES string of the molecule is CC/C=C/C/C=C/C/C=C/CCCCCCC(=O)OC1C(OCC(NC(=O)C(O)CCCCCCCC/C=C/CCCCCCCC)C(O)/C=C/CCCCCCCCCCCC)OC(CO)C(O)C1O. The summed E-state index contributed by atoms with van der Waals surface area (Å²) in [6, 6.07) is -1.03. The first-order valence-corrected chi connectivity index (χ1v) is 29.1. The summed E-state index contributed by atoms with van der Waals surface area (Å²) in [7, 11) is 0. The third kappa shape index (κ3) is 36.9. The summed E-state index contributed by atoms with van der Waals surface area (Å²) in [5.74, 6) is -1.22. The number of carbonyl (C=O) groups is 2. The maximum atomic E-state index is 13.4. The van der Waals surface area contributed by atoms with Gasteiger partial charge in [0.15, 0.2) is 12.4 Å². The van der Waals surface area contributed by atoms with E-state index in [0.717, 1.165) is 96.3 Å². The number of unbranched alkanes of at least 4 members (excludes halogenated alkanes) is 26. The maximum Gasteiger partial charge on any atom is 0.306 e. The van der Waals surface area contributed by atoms with Gasteiger partial charge in [0.1, 0.15) is 24.4 Å². The van der Waals surface area contributed by atoms with E-state index in [0.29, 0.717) is 12.8 Å². The van der Waals surface area contributed by atoms with Crippen LogP contribution in [0.15, 0.2) is 60.8 Å². The largest absolute Gasteiger partial charge is 0.454 e. The molecule has 8 atom stereocenters. The Bertz CT molecular complexity index is 1380. The summed E-state index contributed by atoms with van der Waals surface area (Å²) in [6.45, 7) is 5.64. The lowest BCUT2D eigenvalue weighted by Crippen LogP contribution is -2.61. The molecule has 1 fully saturated rings. The summed E-state index contributed by atoms with van der Waals surface area (Å²) in [6.07, 6.45) is 48.3. The van der Waals surface area contributed by atoms with Crippen LogP contribution in [-0.2, 0) is 23.8 Å². The fourth-order valence-electron chi connectivity index (χ4n) is 8.78. The van der Waals surface area contributed by atoms with Gasteiger partial charge in [0.25, 0.3) is 0 Å². The Labute approximate surface area is 433 Å². The van der Waals surface area contributed by atoms with E-state index in [-0.39, 0.29) is 19.4 Å². The van der Waals surface area contributed by atoms with Crippen LogP contribution >= 0.6 is 0 Å². The standard InChI is InChI=1S/C60H107NO10/c1-4-7-10-13-16-19-22-25-27-28-29-32-35-38-41-44-47-53(64)59(68)61-51(52(63)46-43-40-37-34-31-24-21-18-15-12-9-6-3)50-69-60-58(57(67)56(66)54(49-62)70-60)71-55(65)48-45-42-39-36-33-30-26-23-20-17-14-11-8-5-2/h8,11,17,20,25-27,30,43,46,51-54,56-58,60,62-64,66-67H,4-7,9-10,12-16,18-19,21-24,28-29,31-42,44-45,47-50H2,1-3H3,(H,61,68)/b11-8+,20-17+,27-25+,30-26+,46-43+. The minimum absolute atomic E-state index is 0.0959. The molecule has 1 aliphatic rings. The first-order valence-electron chi connectivity index (χ1n) is 29.1. The molecular weight excluding hydrogens is 895 g/mol. The third-order valence-electron chi connectivity index (χ3n) is 13.4. The molecule has 0 bridgehead atoms. The van der Waals surface area contributed by atoms with Crippen LogP contribution in [0.3, 0.4) is 0 Å². The van der Waals surface area contributed by atoms with Crippen molar-refractivity contribution in [3.8, 4) is 0 Å². The molecular formula is C60H107NO10. The molecule has 1 rings (SSSR count). The van der Waals surface area contributed by atoms with Crippen LogP contribution in [-0.4, -0.2) is 99.6 Å². The van der Waals surface area contributed by atoms with Crippen molar-refractivity contribution in [1.82, 2.24) is 5.32 Å². The lowest BCUT2D eigenvalue weighted by molar-refractivity contribution is -0.305. The zero-order valence-electron chi connectivity index (χ0n) is 45.3. The van der Waals surface area contributed by atoms with Gasteiger partial charge in [0.05, 0.1) is 25.4 Å². The molecule has 11 heteroatoms. The van der Waals surface area contributed by atoms with E-state index in [1.165, 1.54) is 103 Å². The molecule has 0 radical (unpaired) electrons. The molecule has 0 aromatic heterocycles. The Morgan fingerprint density at radius 3 is 1.54 bits per heavy atom. The third-order valence-corrected chi connectivity index (χ3v) is 13.4. The van der Waals surface area contributed by atoms with Crippen molar-refractivity contribution in [2.45, 2.75) is 294 Å². The Kier molecular flexibility index (Phi) is 45.2. The van der Waals surface area contributed by atoms with E-state index in [1.807, 2.05) is 6.08 Å². The Balaban J connectivity index is 2.74. The lowest BCUT2D eigenvalue weighted by Gasteiger charge is -2.41. The summed E-state index contributed by atoms with van der Waals surface area (Å²) < 4.78 is 17.5. The second-order valence-corrected chi connectivity index (χ2v) is 20.0. The average molecular weight is 1000 g/mol. The number of amides is 1. The van der Waals surface area contributed by atoms with Crippen molar-refractivity contribution in [3.63, 3.8) is 0 Å². The molecule has 0 saturated carbocycles. The van der Waals surface area contributed by atoms with Gasteiger partial charge in [-0.05, 0) is 83.5 Å². The number of aliphatic hydroxyl groups is 5. The van der Waals surface area contributed by atoms with Crippen LogP contribution in [0, 0.1) is 0 Å². The maximum absolute atomic E-state index is 13.4. The number of esters is 1. The van der Waals surface area contributed by atoms with Crippen molar-refractivity contribution in [1.29, 1.82) is 0 Å². The van der Waals surface area contributed by atoms with Crippen molar-refractivity contribution in [3.05, 3.63) is 60.8 Å². The van der Waals surface area contributed by atoms with E-state index in [4.69, 9.17) is 14.2 Å². The van der Waals surface area contributed by atoms with Gasteiger partial charge in [-0.1, -0.05) is 216 Å². The highest BCUT2D eigenvalue weighted by Gasteiger charge is 2.47. The number of ether oxygens (including phenoxy) is 3. The number of aliphatic hydroxyl groups excluding tert-OH is 5. The quantitative estimate of drug-likeness (QED) is 0.0196. The van der Waals surface area contributed by atoms with E-state index in [2.05, 4.69) is 74.7 Å². The fourth-order valence-corrected chi connectivity index (χ4v) is 8.78. The highest BCUT2D eigenvalue weighted by Crippen LogP contribution is 2.26. The van der Waals surface area contributed by atoms with Crippen LogP contribution < -0.4 is 5.32 Å². The second kappa shape index (κ2) is 48.3. The van der Waals surface area contributed by atoms with Gasteiger partial charge in [-0.25, -0.2) is 0 Å². The minimum atomic E-state index is -1.62. The van der Waals surface area contributed by atoms with E-state index >= 15 is 0 Å². The van der Waals surface area contributed by atoms with Crippen molar-refractivity contribution >= 4 is 11.9 Å². The van der Waals surface area contributed by atoms with Crippen LogP contribution in [0.4, 0.5) is 0 Å². The van der Waals surface area contributed by atoms with Crippen LogP contribution in [0.5, 0.6) is 0 Å². The molecule has 11 nitrogen and oxygen atoms in total. The average Bonchev–Trinajstić information content (AvgIpc) is 3.37. The Morgan fingerprint density at radius 2 is 1.01 bits per heavy atom. The normalized spacial score (nSPS) is 20.0. The number of hydrogen-bond acceptors (Lipinski definition) is 10. The number of rotatable bonds is 48. The zero-order valence-corrected chi connectivity index (χ0v) is 45.3. The van der Waals surface area contributed by atoms with Gasteiger partial charge in [0, 0.05) is 6.42 Å². The molecule has 0 aromatic rings. The summed E-state index contributed by atoms with van der Waals surface area (Å²) in [4.78, 5) is 26.4. The molecule has 1 aliphatic heterocycles. The molecule has 0 aromatic carbocycles. The Hall–Kier alpha value is -2.64. The predicted molar refractivity (Wildman–Crippen MR) is 292 cm³/mol. The first kappa shape index (κ1) is 66.4. The number of nitrogens with one attached hydrogen (secondary N) is 1. The van der Waals surface area contributed by atoms with E-state index in [1.54, 1.807) is 6.08 Å². The predicted octanol–water partition coefficient (Wildman–Crippen LogP) is 13.1. The summed E-state index contributed by atoms with van der Waals surface area (Å²) in [5.41, 5.74) is 0. The fraction of sp³-hybridized carbons (Fsp3) is 0.800. The molecule has 1 heterocycles. The highest BCUT2D eigenvalue weighted by molar-refractivity contribution is 5.80. The van der Waals surface area contributed by atoms with Gasteiger partial charge in [-0.2, -0.15) is 0 Å². The van der Waals surface area contributed by atoms with Crippen molar-refractivity contribution in [2.24, 2.45) is 0 Å². The minimum Gasteiger partial charge on any atom is -0.454 e. The summed E-state index contributed by atoms with van der Waals surface area (Å²) in [5, 5.41) is 56.8.